The molecule has 1 aromatic rings. The van der Waals surface area contributed by atoms with E-state index in [1.54, 1.807) is 25.8 Å². The summed E-state index contributed by atoms with van der Waals surface area (Å²) in [5.74, 6) is -5.20. The number of nitrogens with zero attached hydrogens (tertiary/aromatic N) is 2. The van der Waals surface area contributed by atoms with E-state index in [2.05, 4.69) is 5.32 Å². The van der Waals surface area contributed by atoms with Crippen LogP contribution in [0.15, 0.2) is 17.8 Å². The van der Waals surface area contributed by atoms with Crippen LogP contribution < -0.4 is 10.1 Å². The number of carbonyl (C=O) groups is 1. The number of likely N-dealkylation sites (N-methyl/N-ethyl adjacent to an activating group) is 1. The summed E-state index contributed by atoms with van der Waals surface area (Å²) >= 11 is 5.43. The number of hydrogen-bond acceptors (Lipinski definition) is 3. The van der Waals surface area contributed by atoms with Gasteiger partial charge in [0.2, 0.25) is 5.91 Å². The predicted molar refractivity (Wildman–Crippen MR) is 118 cm³/mol. The minimum atomic E-state index is -5.78. The third kappa shape index (κ3) is 4.15. The fourth-order valence-corrected chi connectivity index (χ4v) is 4.60. The third-order valence-electron chi connectivity index (χ3n) is 5.83. The molecule has 2 aliphatic rings. The number of carbonyl (C=O) groups excluding carboxylic acids is 1. The zero-order valence-corrected chi connectivity index (χ0v) is 19.8. The van der Waals surface area contributed by atoms with Crippen molar-refractivity contribution in [1.29, 1.82) is 0 Å². The first-order valence-corrected chi connectivity index (χ1v) is 10.9. The Morgan fingerprint density at radius 3 is 2.42 bits per heavy atom. The Kier molecular flexibility index (Phi) is 6.42. The normalized spacial score (nSPS) is 18.2. The van der Waals surface area contributed by atoms with Crippen molar-refractivity contribution >= 4 is 28.9 Å². The highest BCUT2D eigenvalue weighted by Gasteiger charge is 2.60. The van der Waals surface area contributed by atoms with E-state index >= 15 is 0 Å². The molecule has 3 rings (SSSR count). The van der Waals surface area contributed by atoms with E-state index in [1.165, 1.54) is 11.8 Å². The van der Waals surface area contributed by atoms with Gasteiger partial charge in [-0.05, 0) is 64.0 Å². The number of benzene rings is 1. The monoisotopic (exact) mass is 491 g/mol. The first-order chi connectivity index (χ1) is 15.1. The molecule has 1 fully saturated rings. The van der Waals surface area contributed by atoms with E-state index in [-0.39, 0.29) is 34.9 Å². The maximum Gasteiger partial charge on any atom is 0.458 e. The lowest BCUT2D eigenvalue weighted by atomic mass is 9.87. The molecule has 0 bridgehead atoms. The van der Waals surface area contributed by atoms with Gasteiger partial charge in [-0.15, -0.1) is 0 Å². The zero-order chi connectivity index (χ0) is 24.9. The topological polar surface area (TPSA) is 44.8 Å². The average Bonchev–Trinajstić information content (AvgIpc) is 3.10. The van der Waals surface area contributed by atoms with Crippen molar-refractivity contribution in [1.82, 2.24) is 15.1 Å². The Bertz CT molecular complexity index is 1020. The van der Waals surface area contributed by atoms with E-state index in [9.17, 15) is 26.7 Å². The Morgan fingerprint density at radius 2 is 1.91 bits per heavy atom. The van der Waals surface area contributed by atoms with Gasteiger partial charge in [-0.25, -0.2) is 0 Å². The Balaban J connectivity index is 2.37. The number of nitrogens with one attached hydrogen (secondary N) is 1. The van der Waals surface area contributed by atoms with Gasteiger partial charge in [0, 0.05) is 37.7 Å². The summed E-state index contributed by atoms with van der Waals surface area (Å²) in [7, 11) is 1.64. The van der Waals surface area contributed by atoms with E-state index in [1.807, 2.05) is 6.92 Å². The molecule has 33 heavy (non-hydrogen) atoms. The highest BCUT2D eigenvalue weighted by molar-refractivity contribution is 7.80. The van der Waals surface area contributed by atoms with E-state index in [0.717, 1.165) is 12.1 Å². The Hall–Kier alpha value is -2.43. The number of amides is 1. The van der Waals surface area contributed by atoms with E-state index in [0.29, 0.717) is 30.3 Å². The van der Waals surface area contributed by atoms with Crippen LogP contribution in [0.5, 0.6) is 5.75 Å². The van der Waals surface area contributed by atoms with Gasteiger partial charge in [-0.1, -0.05) is 0 Å². The van der Waals surface area contributed by atoms with Crippen molar-refractivity contribution in [2.45, 2.75) is 58.2 Å². The van der Waals surface area contributed by atoms with Crippen LogP contribution in [0.25, 0.3) is 5.70 Å². The number of rotatable bonds is 4. The first-order valence-electron chi connectivity index (χ1n) is 10.5. The van der Waals surface area contributed by atoms with Crippen LogP contribution in [0.2, 0.25) is 0 Å². The van der Waals surface area contributed by atoms with Crippen molar-refractivity contribution in [2.24, 2.45) is 0 Å². The predicted octanol–water partition coefficient (Wildman–Crippen LogP) is 4.94. The molecular formula is C22H26F5N3O2S. The summed E-state index contributed by atoms with van der Waals surface area (Å²) in [4.78, 5) is 15.8. The number of ether oxygens (including phenoxy) is 1. The summed E-state index contributed by atoms with van der Waals surface area (Å²) in [6.07, 6.45) is -5.00. The lowest BCUT2D eigenvalue weighted by Gasteiger charge is -2.43. The number of thiocarbonyl (C=S) groups is 1. The molecule has 11 heteroatoms. The summed E-state index contributed by atoms with van der Waals surface area (Å²) in [6, 6.07) is 1.85. The number of halogens is 5. The Morgan fingerprint density at radius 1 is 1.27 bits per heavy atom. The van der Waals surface area contributed by atoms with Gasteiger partial charge < -0.3 is 19.9 Å². The molecule has 0 unspecified atom stereocenters. The fraction of sp³-hybridized carbons (Fsp3) is 0.545. The highest BCUT2D eigenvalue weighted by atomic mass is 32.1. The number of likely N-dealkylation sites (tertiary alicyclic amines) is 1. The van der Waals surface area contributed by atoms with Crippen LogP contribution in [0.3, 0.4) is 0 Å². The molecule has 0 spiro atoms. The number of fused-ring (bicyclic) bond motifs is 1. The molecule has 0 radical (unpaired) electrons. The maximum absolute atomic E-state index is 14.4. The van der Waals surface area contributed by atoms with Crippen LogP contribution in [-0.4, -0.2) is 52.7 Å². The van der Waals surface area contributed by atoms with E-state index in [4.69, 9.17) is 17.0 Å². The molecule has 5 nitrogen and oxygen atoms in total. The van der Waals surface area contributed by atoms with Crippen LogP contribution in [0, 0.1) is 6.92 Å². The molecule has 2 aliphatic heterocycles. The van der Waals surface area contributed by atoms with Gasteiger partial charge in [0.25, 0.3) is 0 Å². The molecular weight excluding hydrogens is 465 g/mol. The summed E-state index contributed by atoms with van der Waals surface area (Å²) in [6.45, 7) is 7.29. The molecule has 1 saturated heterocycles. The van der Waals surface area contributed by atoms with Gasteiger partial charge in [0.15, 0.2) is 5.11 Å². The van der Waals surface area contributed by atoms with Crippen molar-refractivity contribution in [3.8, 4) is 5.75 Å². The van der Waals surface area contributed by atoms with Crippen LogP contribution in [0.4, 0.5) is 22.0 Å². The molecule has 0 atom stereocenters. The molecule has 0 aliphatic carbocycles. The van der Waals surface area contributed by atoms with Gasteiger partial charge in [-0.3, -0.25) is 4.79 Å². The Labute approximate surface area is 194 Å². The lowest BCUT2D eigenvalue weighted by molar-refractivity contribution is -0.289. The second-order valence-electron chi connectivity index (χ2n) is 8.54. The SMILES string of the molecule is CCNC(=S)N(C)C1=C(N2CCCC2=O)c2c(ccc(C(F)(F)C(F)(F)F)c2C)OC1(C)C. The molecule has 2 heterocycles. The second-order valence-corrected chi connectivity index (χ2v) is 8.92. The second kappa shape index (κ2) is 8.41. The highest BCUT2D eigenvalue weighted by Crippen LogP contribution is 2.51. The standard InChI is InChI=1S/C22H26F5N3O2S/c1-6-28-19(33)29(5)18-17(30-11-7-8-15(30)31)16-12(2)13(21(23,24)22(25,26)27)9-10-14(16)32-20(18,3)4/h9-10H,6-8,11H2,1-5H3,(H,28,33). The number of hydrogen-bond donors (Lipinski definition) is 1. The van der Waals surface area contributed by atoms with Crippen molar-refractivity contribution in [2.75, 3.05) is 20.1 Å². The van der Waals surface area contributed by atoms with Crippen molar-refractivity contribution < 1.29 is 31.5 Å². The molecule has 0 saturated carbocycles. The zero-order valence-electron chi connectivity index (χ0n) is 19.0. The minimum Gasteiger partial charge on any atom is -0.481 e. The van der Waals surface area contributed by atoms with Gasteiger partial charge >= 0.3 is 12.1 Å². The molecule has 1 amide bonds. The van der Waals surface area contributed by atoms with Gasteiger partial charge in [0.1, 0.15) is 11.4 Å². The molecule has 0 aromatic heterocycles. The van der Waals surface area contributed by atoms with Crippen LogP contribution >= 0.6 is 12.2 Å². The maximum atomic E-state index is 14.4. The van der Waals surface area contributed by atoms with Gasteiger partial charge in [-0.2, -0.15) is 22.0 Å². The quantitative estimate of drug-likeness (QED) is 0.478. The fourth-order valence-electron chi connectivity index (χ4n) is 4.37. The van der Waals surface area contributed by atoms with Gasteiger partial charge in [0.05, 0.1) is 11.4 Å². The van der Waals surface area contributed by atoms with Crippen LogP contribution in [0.1, 0.15) is 50.3 Å². The molecule has 1 aromatic carbocycles. The first kappa shape index (κ1) is 25.2. The average molecular weight is 492 g/mol. The van der Waals surface area contributed by atoms with Crippen LogP contribution in [-0.2, 0) is 10.7 Å². The summed E-state index contributed by atoms with van der Waals surface area (Å²) in [5, 5.41) is 3.29. The van der Waals surface area contributed by atoms with Crippen molar-refractivity contribution in [3.63, 3.8) is 0 Å². The molecule has 182 valence electrons. The minimum absolute atomic E-state index is 0.0344. The van der Waals surface area contributed by atoms with Crippen molar-refractivity contribution in [3.05, 3.63) is 34.5 Å². The molecule has 1 N–H and O–H groups in total. The number of alkyl halides is 5. The summed E-state index contributed by atoms with van der Waals surface area (Å²) in [5.41, 5.74) is -1.89. The summed E-state index contributed by atoms with van der Waals surface area (Å²) < 4.78 is 74.6. The smallest absolute Gasteiger partial charge is 0.458 e. The largest absolute Gasteiger partial charge is 0.481 e. The third-order valence-corrected chi connectivity index (χ3v) is 6.25. The van der Waals surface area contributed by atoms with E-state index < -0.39 is 23.3 Å². The lowest BCUT2D eigenvalue weighted by Crippen LogP contribution is -2.49.